The van der Waals surface area contributed by atoms with Gasteiger partial charge in [0.25, 0.3) is 0 Å². The van der Waals surface area contributed by atoms with Crippen LogP contribution in [0.15, 0.2) is 67.5 Å². The van der Waals surface area contributed by atoms with Crippen molar-refractivity contribution in [2.24, 2.45) is 0 Å². The average molecular weight is 520 g/mol. The first-order valence-corrected chi connectivity index (χ1v) is 12.2. The van der Waals surface area contributed by atoms with Gasteiger partial charge in [0, 0.05) is 18.8 Å². The molecule has 1 amide bonds. The van der Waals surface area contributed by atoms with Crippen LogP contribution >= 0.6 is 11.6 Å². The van der Waals surface area contributed by atoms with Crippen LogP contribution in [0.5, 0.6) is 5.75 Å². The minimum atomic E-state index is -0.322. The maximum Gasteiger partial charge on any atom is 0.247 e. The van der Waals surface area contributed by atoms with Crippen molar-refractivity contribution in [3.63, 3.8) is 0 Å². The van der Waals surface area contributed by atoms with E-state index in [1.54, 1.807) is 19.4 Å². The highest BCUT2D eigenvalue weighted by Gasteiger charge is 2.15. The average Bonchev–Trinajstić information content (AvgIpc) is 3.32. The van der Waals surface area contributed by atoms with Gasteiger partial charge >= 0.3 is 0 Å². The molecule has 2 aromatic carbocycles. The van der Waals surface area contributed by atoms with Gasteiger partial charge in [-0.3, -0.25) is 9.36 Å². The molecule has 4 rings (SSSR count). The molecule has 37 heavy (non-hydrogen) atoms. The van der Waals surface area contributed by atoms with Crippen molar-refractivity contribution in [2.75, 3.05) is 50.2 Å². The van der Waals surface area contributed by atoms with Crippen LogP contribution in [0.4, 0.5) is 23.0 Å². The predicted octanol–water partition coefficient (Wildman–Crippen LogP) is 5.31. The smallest absolute Gasteiger partial charge is 0.247 e. The van der Waals surface area contributed by atoms with E-state index in [1.807, 2.05) is 61.3 Å². The highest BCUT2D eigenvalue weighted by molar-refractivity contribution is 6.32. The molecule has 4 aromatic rings. The Hall–Kier alpha value is -4.08. The minimum Gasteiger partial charge on any atom is -0.494 e. The summed E-state index contributed by atoms with van der Waals surface area (Å²) in [7, 11) is 5.64. The highest BCUT2D eigenvalue weighted by Crippen LogP contribution is 2.36. The first kappa shape index (κ1) is 26.0. The number of hydrogen-bond donors (Lipinski definition) is 3. The number of carbonyl (C=O) groups is 1. The van der Waals surface area contributed by atoms with Crippen LogP contribution in [0.1, 0.15) is 6.42 Å². The van der Waals surface area contributed by atoms with Crippen molar-refractivity contribution in [3.05, 3.63) is 72.5 Å². The van der Waals surface area contributed by atoms with E-state index in [4.69, 9.17) is 16.3 Å². The molecular formula is C27H30ClN7O2. The molecule has 0 saturated heterocycles. The van der Waals surface area contributed by atoms with Crippen LogP contribution in [0, 0.1) is 0 Å². The van der Waals surface area contributed by atoms with Gasteiger partial charge in [-0.2, -0.15) is 4.98 Å². The number of nitrogens with one attached hydrogen (secondary N) is 3. The molecule has 0 atom stereocenters. The molecule has 0 saturated carbocycles. The van der Waals surface area contributed by atoms with Crippen molar-refractivity contribution >= 4 is 51.4 Å². The third kappa shape index (κ3) is 6.19. The fourth-order valence-corrected chi connectivity index (χ4v) is 4.06. The van der Waals surface area contributed by atoms with Gasteiger partial charge in [-0.25, -0.2) is 4.98 Å². The maximum atomic E-state index is 12.1. The Balaban J connectivity index is 1.66. The number of anilines is 4. The largest absolute Gasteiger partial charge is 0.494 e. The lowest BCUT2D eigenvalue weighted by Gasteiger charge is -2.18. The van der Waals surface area contributed by atoms with Crippen LogP contribution in [-0.4, -0.2) is 59.6 Å². The minimum absolute atomic E-state index is 0.322. The molecule has 2 aromatic heterocycles. The van der Waals surface area contributed by atoms with E-state index in [0.29, 0.717) is 33.9 Å². The summed E-state index contributed by atoms with van der Waals surface area (Å²) in [4.78, 5) is 23.3. The van der Waals surface area contributed by atoms with E-state index in [0.717, 1.165) is 36.1 Å². The van der Waals surface area contributed by atoms with Crippen molar-refractivity contribution < 1.29 is 9.53 Å². The molecule has 0 fully saturated rings. The SMILES string of the molecule is C=CC(=O)Nc1cc(Nc2ncc(Cl)c(-n3ccc4ccccc43)n2)c(OC)cc1NCCCN(C)C. The van der Waals surface area contributed by atoms with Crippen LogP contribution in [0.25, 0.3) is 16.7 Å². The number of carbonyl (C=O) groups excluding carboxylic acids is 1. The van der Waals surface area contributed by atoms with Gasteiger partial charge in [0.1, 0.15) is 10.8 Å². The molecule has 0 aliphatic carbocycles. The Bertz CT molecular complexity index is 1420. The summed E-state index contributed by atoms with van der Waals surface area (Å²) in [6, 6.07) is 13.6. The van der Waals surface area contributed by atoms with Gasteiger partial charge in [0.15, 0.2) is 5.82 Å². The lowest BCUT2D eigenvalue weighted by molar-refractivity contribution is -0.111. The Morgan fingerprint density at radius 1 is 1.19 bits per heavy atom. The first-order valence-electron chi connectivity index (χ1n) is 11.8. The number of fused-ring (bicyclic) bond motifs is 1. The third-order valence-corrected chi connectivity index (χ3v) is 5.95. The molecule has 3 N–H and O–H groups in total. The molecule has 10 heteroatoms. The summed E-state index contributed by atoms with van der Waals surface area (Å²) >= 11 is 6.48. The molecule has 0 bridgehead atoms. The fourth-order valence-electron chi connectivity index (χ4n) is 3.87. The molecule has 0 aliphatic rings. The number of aromatic nitrogens is 3. The molecule has 2 heterocycles. The Kier molecular flexibility index (Phi) is 8.27. The van der Waals surface area contributed by atoms with Crippen molar-refractivity contribution in [3.8, 4) is 11.6 Å². The zero-order valence-electron chi connectivity index (χ0n) is 21.1. The number of halogens is 1. The van der Waals surface area contributed by atoms with E-state index in [1.165, 1.54) is 6.08 Å². The van der Waals surface area contributed by atoms with E-state index >= 15 is 0 Å². The highest BCUT2D eigenvalue weighted by atomic mass is 35.5. The standard InChI is InChI=1S/C27H30ClN7O2/c1-5-25(36)31-21-15-22(24(37-4)16-20(21)29-12-8-13-34(2)3)32-27-30-17-19(28)26(33-27)35-14-11-18-9-6-7-10-23(18)35/h5-7,9-11,14-17,29H,1,8,12-13H2,2-4H3,(H,31,36)(H,30,32,33). The van der Waals surface area contributed by atoms with Gasteiger partial charge in [0.2, 0.25) is 11.9 Å². The summed E-state index contributed by atoms with van der Waals surface area (Å²) in [5.74, 6) is 1.09. The molecule has 0 unspecified atom stereocenters. The predicted molar refractivity (Wildman–Crippen MR) is 151 cm³/mol. The normalized spacial score (nSPS) is 10.9. The van der Waals surface area contributed by atoms with Gasteiger partial charge in [-0.1, -0.05) is 36.4 Å². The molecular weight excluding hydrogens is 490 g/mol. The summed E-state index contributed by atoms with van der Waals surface area (Å²) in [5.41, 5.74) is 2.86. The molecule has 0 aliphatic heterocycles. The van der Waals surface area contributed by atoms with Gasteiger partial charge in [0.05, 0.1) is 35.9 Å². The summed E-state index contributed by atoms with van der Waals surface area (Å²) < 4.78 is 7.56. The molecule has 9 nitrogen and oxygen atoms in total. The monoisotopic (exact) mass is 519 g/mol. The zero-order chi connectivity index (χ0) is 26.4. The zero-order valence-corrected chi connectivity index (χ0v) is 21.8. The number of nitrogens with zero attached hydrogens (tertiary/aromatic N) is 4. The van der Waals surface area contributed by atoms with Crippen LogP contribution in [0.3, 0.4) is 0 Å². The van der Waals surface area contributed by atoms with Crippen molar-refractivity contribution in [2.45, 2.75) is 6.42 Å². The lowest BCUT2D eigenvalue weighted by Crippen LogP contribution is -2.17. The van der Waals surface area contributed by atoms with E-state index in [2.05, 4.69) is 37.4 Å². The number of benzene rings is 2. The second kappa shape index (κ2) is 11.8. The Morgan fingerprint density at radius 2 is 2.00 bits per heavy atom. The fraction of sp³-hybridized carbons (Fsp3) is 0.222. The van der Waals surface area contributed by atoms with E-state index in [-0.39, 0.29) is 5.91 Å². The second-order valence-electron chi connectivity index (χ2n) is 8.61. The van der Waals surface area contributed by atoms with Crippen LogP contribution in [-0.2, 0) is 4.79 Å². The van der Waals surface area contributed by atoms with Crippen molar-refractivity contribution in [1.29, 1.82) is 0 Å². The molecule has 0 radical (unpaired) electrons. The van der Waals surface area contributed by atoms with Crippen LogP contribution in [0.2, 0.25) is 5.02 Å². The Morgan fingerprint density at radius 3 is 2.76 bits per heavy atom. The van der Waals surface area contributed by atoms with E-state index < -0.39 is 0 Å². The number of amides is 1. The second-order valence-corrected chi connectivity index (χ2v) is 9.02. The maximum absolute atomic E-state index is 12.1. The number of para-hydroxylation sites is 1. The van der Waals surface area contributed by atoms with E-state index in [9.17, 15) is 4.79 Å². The topological polar surface area (TPSA) is 96.3 Å². The first-order chi connectivity index (χ1) is 17.9. The number of rotatable bonds is 11. The van der Waals surface area contributed by atoms with Gasteiger partial charge in [-0.05, 0) is 56.7 Å². The number of hydrogen-bond acceptors (Lipinski definition) is 7. The van der Waals surface area contributed by atoms with Gasteiger partial charge in [-0.15, -0.1) is 0 Å². The quantitative estimate of drug-likeness (QED) is 0.182. The van der Waals surface area contributed by atoms with Crippen LogP contribution < -0.4 is 20.7 Å². The molecule has 192 valence electrons. The third-order valence-electron chi connectivity index (χ3n) is 5.68. The number of ether oxygens (including phenoxy) is 1. The van der Waals surface area contributed by atoms with Crippen molar-refractivity contribution in [1.82, 2.24) is 19.4 Å². The number of methoxy groups -OCH3 is 1. The summed E-state index contributed by atoms with van der Waals surface area (Å²) in [5, 5.41) is 10.9. The van der Waals surface area contributed by atoms with Gasteiger partial charge < -0.3 is 25.6 Å². The molecule has 0 spiro atoms. The summed E-state index contributed by atoms with van der Waals surface area (Å²) in [6.45, 7) is 5.21. The summed E-state index contributed by atoms with van der Waals surface area (Å²) in [6.07, 6.45) is 5.63. The Labute approximate surface area is 221 Å². The lowest BCUT2D eigenvalue weighted by atomic mass is 10.2.